The van der Waals surface area contributed by atoms with E-state index in [2.05, 4.69) is 24.1 Å². The van der Waals surface area contributed by atoms with Crippen molar-refractivity contribution in [2.75, 3.05) is 5.32 Å². The summed E-state index contributed by atoms with van der Waals surface area (Å²) in [6.45, 7) is 4.23. The first kappa shape index (κ1) is 17.0. The van der Waals surface area contributed by atoms with Gasteiger partial charge in [-0.3, -0.25) is 9.36 Å². The molecule has 132 valence electrons. The van der Waals surface area contributed by atoms with Crippen LogP contribution in [0.15, 0.2) is 11.0 Å². The number of aliphatic carboxylic acids is 1. The van der Waals surface area contributed by atoms with Crippen molar-refractivity contribution in [1.82, 2.24) is 9.55 Å². The number of rotatable bonds is 7. The van der Waals surface area contributed by atoms with Crippen molar-refractivity contribution in [3.8, 4) is 0 Å². The fourth-order valence-electron chi connectivity index (χ4n) is 4.41. The van der Waals surface area contributed by atoms with Crippen LogP contribution in [0.1, 0.15) is 76.9 Å². The molecule has 6 nitrogen and oxygen atoms in total. The number of aromatic nitrogens is 2. The van der Waals surface area contributed by atoms with E-state index in [1.807, 2.05) is 0 Å². The van der Waals surface area contributed by atoms with Gasteiger partial charge in [-0.2, -0.15) is 0 Å². The summed E-state index contributed by atoms with van der Waals surface area (Å²) in [5.41, 5.74) is 0.259. The Hall–Kier alpha value is -1.85. The third kappa shape index (κ3) is 2.72. The van der Waals surface area contributed by atoms with Gasteiger partial charge in [-0.15, -0.1) is 0 Å². The topological polar surface area (TPSA) is 84.2 Å². The summed E-state index contributed by atoms with van der Waals surface area (Å²) in [5.74, 6) is -0.196. The number of fused-ring (bicyclic) bond motifs is 1. The average Bonchev–Trinajstić information content (AvgIpc) is 2.82. The van der Waals surface area contributed by atoms with E-state index in [-0.39, 0.29) is 11.0 Å². The number of hydrogen-bond donors (Lipinski definition) is 2. The Labute approximate surface area is 142 Å². The zero-order chi connectivity index (χ0) is 17.3. The third-order valence-electron chi connectivity index (χ3n) is 5.59. The van der Waals surface area contributed by atoms with E-state index in [0.717, 1.165) is 50.0 Å². The van der Waals surface area contributed by atoms with Crippen LogP contribution in [0.5, 0.6) is 0 Å². The maximum absolute atomic E-state index is 12.5. The lowest BCUT2D eigenvalue weighted by Crippen LogP contribution is -2.34. The van der Waals surface area contributed by atoms with Crippen LogP contribution in [0, 0.1) is 0 Å². The Kier molecular flexibility index (Phi) is 4.65. The fraction of sp³-hybridized carbons (Fsp3) is 0.722. The molecule has 3 rings (SSSR count). The summed E-state index contributed by atoms with van der Waals surface area (Å²) >= 11 is 0. The summed E-state index contributed by atoms with van der Waals surface area (Å²) in [6, 6.07) is -0.389. The molecule has 1 saturated carbocycles. The minimum absolute atomic E-state index is 0.272. The van der Waals surface area contributed by atoms with Crippen molar-refractivity contribution < 1.29 is 9.90 Å². The van der Waals surface area contributed by atoms with Gasteiger partial charge >= 0.3 is 5.97 Å². The highest BCUT2D eigenvalue weighted by Crippen LogP contribution is 2.49. The van der Waals surface area contributed by atoms with Crippen molar-refractivity contribution >= 4 is 11.8 Å². The van der Waals surface area contributed by atoms with Crippen LogP contribution in [-0.2, 0) is 10.2 Å². The fourth-order valence-corrected chi connectivity index (χ4v) is 4.41. The summed E-state index contributed by atoms with van der Waals surface area (Å²) in [7, 11) is 0. The van der Waals surface area contributed by atoms with Crippen molar-refractivity contribution in [1.29, 1.82) is 0 Å². The largest absolute Gasteiger partial charge is 0.480 e. The molecule has 1 aliphatic heterocycles. The van der Waals surface area contributed by atoms with Gasteiger partial charge in [-0.05, 0) is 38.5 Å². The third-order valence-corrected chi connectivity index (χ3v) is 5.59. The van der Waals surface area contributed by atoms with Crippen LogP contribution in [0.25, 0.3) is 0 Å². The normalized spacial score (nSPS) is 22.0. The highest BCUT2D eigenvalue weighted by atomic mass is 16.4. The number of nitrogens with zero attached hydrogens (tertiary/aromatic N) is 2. The summed E-state index contributed by atoms with van der Waals surface area (Å²) in [6.07, 6.45) is 8.87. The average molecular weight is 333 g/mol. The standard InChI is InChI=1S/C18H27N3O3/c1-3-8-18(9-4-2)10-13(17(23)24)21-14(22)11-19-16(15(18)21)20-12-6-5-7-12/h11-13,20H,3-10H2,1-2H3,(H,23,24). The van der Waals surface area contributed by atoms with Gasteiger partial charge < -0.3 is 10.4 Å². The quantitative estimate of drug-likeness (QED) is 0.801. The van der Waals surface area contributed by atoms with E-state index >= 15 is 0 Å². The zero-order valence-electron chi connectivity index (χ0n) is 14.5. The van der Waals surface area contributed by atoms with Crippen molar-refractivity contribution in [3.63, 3.8) is 0 Å². The summed E-state index contributed by atoms with van der Waals surface area (Å²) in [5, 5.41) is 13.2. The Morgan fingerprint density at radius 2 is 2.04 bits per heavy atom. The lowest BCUT2D eigenvalue weighted by Gasteiger charge is -2.33. The van der Waals surface area contributed by atoms with Gasteiger partial charge in [-0.1, -0.05) is 26.7 Å². The highest BCUT2D eigenvalue weighted by Gasteiger charge is 2.48. The molecule has 0 amide bonds. The van der Waals surface area contributed by atoms with Crippen LogP contribution < -0.4 is 10.9 Å². The Balaban J connectivity index is 2.15. The summed E-state index contributed by atoms with van der Waals surface area (Å²) < 4.78 is 1.50. The van der Waals surface area contributed by atoms with Gasteiger partial charge in [0.2, 0.25) is 0 Å². The van der Waals surface area contributed by atoms with Gasteiger partial charge in [0.25, 0.3) is 5.56 Å². The SMILES string of the molecule is CCCC1(CCC)CC(C(=O)O)n2c1c(NC1CCC1)ncc2=O. The molecule has 0 bridgehead atoms. The predicted molar refractivity (Wildman–Crippen MR) is 92.5 cm³/mol. The van der Waals surface area contributed by atoms with Crippen LogP contribution in [0.2, 0.25) is 0 Å². The molecule has 1 aromatic heterocycles. The Bertz CT molecular complexity index is 673. The molecular weight excluding hydrogens is 306 g/mol. The molecule has 2 heterocycles. The predicted octanol–water partition coefficient (Wildman–Crippen LogP) is 3.08. The number of carbonyl (C=O) groups is 1. The number of anilines is 1. The van der Waals surface area contributed by atoms with Gasteiger partial charge in [0.15, 0.2) is 0 Å². The number of nitrogens with one attached hydrogen (secondary N) is 1. The van der Waals surface area contributed by atoms with E-state index in [0.29, 0.717) is 12.5 Å². The smallest absolute Gasteiger partial charge is 0.326 e. The molecule has 6 heteroatoms. The molecule has 1 fully saturated rings. The second-order valence-corrected chi connectivity index (χ2v) is 7.27. The molecule has 0 radical (unpaired) electrons. The molecule has 1 atom stereocenters. The number of carboxylic acid groups (broad SMARTS) is 1. The van der Waals surface area contributed by atoms with E-state index < -0.39 is 12.0 Å². The molecule has 0 spiro atoms. The Morgan fingerprint density at radius 3 is 2.54 bits per heavy atom. The second kappa shape index (κ2) is 6.57. The first-order valence-electron chi connectivity index (χ1n) is 9.13. The second-order valence-electron chi connectivity index (χ2n) is 7.27. The maximum atomic E-state index is 12.5. The van der Waals surface area contributed by atoms with Crippen LogP contribution >= 0.6 is 0 Å². The Morgan fingerprint density at radius 1 is 1.38 bits per heavy atom. The maximum Gasteiger partial charge on any atom is 0.326 e. The minimum atomic E-state index is -0.923. The number of hydrogen-bond acceptors (Lipinski definition) is 4. The van der Waals surface area contributed by atoms with Crippen molar-refractivity contribution in [3.05, 3.63) is 22.2 Å². The molecule has 1 unspecified atom stereocenters. The van der Waals surface area contributed by atoms with Gasteiger partial charge in [0.1, 0.15) is 11.9 Å². The molecule has 0 saturated heterocycles. The van der Waals surface area contributed by atoms with E-state index in [1.165, 1.54) is 17.2 Å². The van der Waals surface area contributed by atoms with E-state index in [9.17, 15) is 14.7 Å². The molecule has 1 aromatic rings. The van der Waals surface area contributed by atoms with Crippen LogP contribution in [0.3, 0.4) is 0 Å². The molecule has 0 aromatic carbocycles. The first-order valence-corrected chi connectivity index (χ1v) is 9.13. The highest BCUT2D eigenvalue weighted by molar-refractivity contribution is 5.74. The van der Waals surface area contributed by atoms with E-state index in [4.69, 9.17) is 0 Å². The number of carboxylic acids is 1. The summed E-state index contributed by atoms with van der Waals surface area (Å²) in [4.78, 5) is 28.7. The minimum Gasteiger partial charge on any atom is -0.480 e. The van der Waals surface area contributed by atoms with E-state index in [1.54, 1.807) is 0 Å². The lowest BCUT2D eigenvalue weighted by molar-refractivity contribution is -0.141. The first-order chi connectivity index (χ1) is 11.5. The van der Waals surface area contributed by atoms with Crippen molar-refractivity contribution in [2.45, 2.75) is 82.7 Å². The molecular formula is C18H27N3O3. The van der Waals surface area contributed by atoms with Gasteiger partial charge in [0.05, 0.1) is 11.9 Å². The van der Waals surface area contributed by atoms with Crippen LogP contribution in [0.4, 0.5) is 5.82 Å². The molecule has 1 aliphatic carbocycles. The van der Waals surface area contributed by atoms with Crippen LogP contribution in [-0.4, -0.2) is 26.7 Å². The van der Waals surface area contributed by atoms with Crippen molar-refractivity contribution in [2.24, 2.45) is 0 Å². The molecule has 24 heavy (non-hydrogen) atoms. The van der Waals surface area contributed by atoms with Gasteiger partial charge in [0, 0.05) is 11.5 Å². The zero-order valence-corrected chi connectivity index (χ0v) is 14.5. The monoisotopic (exact) mass is 333 g/mol. The van der Waals surface area contributed by atoms with Gasteiger partial charge in [-0.25, -0.2) is 9.78 Å². The molecule has 2 N–H and O–H groups in total. The molecule has 2 aliphatic rings. The lowest BCUT2D eigenvalue weighted by atomic mass is 9.74.